The smallest absolute Gasteiger partial charge is 0.325 e. The maximum atomic E-state index is 12.7. The number of nitrogens with zero attached hydrogens (tertiary/aromatic N) is 1. The predicted molar refractivity (Wildman–Crippen MR) is 104 cm³/mol. The molecule has 29 heavy (non-hydrogen) atoms. The summed E-state index contributed by atoms with van der Waals surface area (Å²) < 4.78 is 0. The van der Waals surface area contributed by atoms with Crippen LogP contribution in [0, 0.1) is 5.92 Å². The third-order valence-electron chi connectivity index (χ3n) is 4.61. The molecule has 0 radical (unpaired) electrons. The van der Waals surface area contributed by atoms with Crippen LogP contribution in [0.1, 0.15) is 39.8 Å². The number of aliphatic carboxylic acids is 1. The Morgan fingerprint density at radius 3 is 2.21 bits per heavy atom. The molecule has 0 aliphatic rings. The summed E-state index contributed by atoms with van der Waals surface area (Å²) in [7, 11) is 0. The van der Waals surface area contributed by atoms with E-state index in [9.17, 15) is 19.2 Å². The molecule has 0 saturated heterocycles. The molecular formula is C18H30N6O5. The van der Waals surface area contributed by atoms with Gasteiger partial charge < -0.3 is 31.8 Å². The summed E-state index contributed by atoms with van der Waals surface area (Å²) in [4.78, 5) is 54.8. The van der Waals surface area contributed by atoms with E-state index < -0.39 is 47.9 Å². The molecule has 0 bridgehead atoms. The van der Waals surface area contributed by atoms with Gasteiger partial charge in [-0.05, 0) is 19.8 Å². The first-order valence-corrected chi connectivity index (χ1v) is 9.43. The Labute approximate surface area is 169 Å². The van der Waals surface area contributed by atoms with Gasteiger partial charge in [0.2, 0.25) is 17.7 Å². The van der Waals surface area contributed by atoms with Crippen molar-refractivity contribution in [1.29, 1.82) is 0 Å². The summed E-state index contributed by atoms with van der Waals surface area (Å²) in [6.45, 7) is 6.41. The zero-order chi connectivity index (χ0) is 22.1. The van der Waals surface area contributed by atoms with Crippen molar-refractivity contribution in [2.45, 2.75) is 64.7 Å². The van der Waals surface area contributed by atoms with Crippen LogP contribution in [0.25, 0.3) is 0 Å². The van der Waals surface area contributed by atoms with Gasteiger partial charge in [-0.1, -0.05) is 20.3 Å². The lowest BCUT2D eigenvalue weighted by atomic mass is 9.97. The van der Waals surface area contributed by atoms with E-state index in [0.717, 1.165) is 0 Å². The van der Waals surface area contributed by atoms with Crippen LogP contribution in [-0.4, -0.2) is 62.9 Å². The summed E-state index contributed by atoms with van der Waals surface area (Å²) >= 11 is 0. The fourth-order valence-corrected chi connectivity index (χ4v) is 2.46. The van der Waals surface area contributed by atoms with Crippen molar-refractivity contribution in [1.82, 2.24) is 25.9 Å². The number of carboxylic acid groups (broad SMARTS) is 1. The second-order valence-electron chi connectivity index (χ2n) is 7.06. The van der Waals surface area contributed by atoms with Crippen LogP contribution in [-0.2, 0) is 25.6 Å². The molecule has 5 unspecified atom stereocenters. The Hall–Kier alpha value is -2.95. The van der Waals surface area contributed by atoms with Gasteiger partial charge in [0.05, 0.1) is 12.4 Å². The highest BCUT2D eigenvalue weighted by Gasteiger charge is 2.30. The Bertz CT molecular complexity index is 708. The molecule has 1 aromatic rings. The zero-order valence-electron chi connectivity index (χ0n) is 17.1. The number of nitrogens with one attached hydrogen (secondary N) is 4. The maximum absolute atomic E-state index is 12.7. The molecule has 11 nitrogen and oxygen atoms in total. The van der Waals surface area contributed by atoms with E-state index in [4.69, 9.17) is 10.8 Å². The molecule has 11 heteroatoms. The summed E-state index contributed by atoms with van der Waals surface area (Å²) in [6.07, 6.45) is 3.87. The molecule has 1 rings (SSSR count). The van der Waals surface area contributed by atoms with E-state index >= 15 is 0 Å². The predicted octanol–water partition coefficient (Wildman–Crippen LogP) is -1.10. The van der Waals surface area contributed by atoms with Gasteiger partial charge in [-0.25, -0.2) is 4.98 Å². The van der Waals surface area contributed by atoms with Gasteiger partial charge in [-0.3, -0.25) is 19.2 Å². The number of H-pyrrole nitrogens is 1. The Balaban J connectivity index is 2.73. The SMILES string of the molecule is CCC(C)C(NC(=O)C(N)Cc1cnc[nH]1)C(=O)NC(C)C(=O)NC(C)C(=O)O. The Morgan fingerprint density at radius 1 is 1.07 bits per heavy atom. The van der Waals surface area contributed by atoms with E-state index in [0.29, 0.717) is 12.1 Å². The van der Waals surface area contributed by atoms with Crippen LogP contribution in [0.4, 0.5) is 0 Å². The van der Waals surface area contributed by atoms with E-state index in [-0.39, 0.29) is 12.3 Å². The number of carbonyl (C=O) groups excluding carboxylic acids is 3. The van der Waals surface area contributed by atoms with Gasteiger partial charge in [0.15, 0.2) is 0 Å². The molecule has 1 heterocycles. The first kappa shape index (κ1) is 24.1. The standard InChI is InChI=1S/C18H30N6O5/c1-5-9(2)14(24-16(26)13(19)6-12-7-20-8-21-12)17(27)22-10(3)15(25)23-11(4)18(28)29/h7-11,13-14H,5-6,19H2,1-4H3,(H,20,21)(H,22,27)(H,23,25)(H,24,26)(H,28,29). The fraction of sp³-hybridized carbons (Fsp3) is 0.611. The number of carbonyl (C=O) groups is 4. The van der Waals surface area contributed by atoms with Gasteiger partial charge in [-0.2, -0.15) is 0 Å². The molecule has 0 aromatic carbocycles. The number of aromatic amines is 1. The van der Waals surface area contributed by atoms with Crippen LogP contribution in [0.5, 0.6) is 0 Å². The zero-order valence-corrected chi connectivity index (χ0v) is 17.1. The highest BCUT2D eigenvalue weighted by Crippen LogP contribution is 2.09. The number of rotatable bonds is 11. The van der Waals surface area contributed by atoms with E-state index in [1.165, 1.54) is 20.2 Å². The highest BCUT2D eigenvalue weighted by atomic mass is 16.4. The third kappa shape index (κ3) is 7.53. The highest BCUT2D eigenvalue weighted by molar-refractivity contribution is 5.94. The van der Waals surface area contributed by atoms with Crippen molar-refractivity contribution in [2.75, 3.05) is 0 Å². The molecule has 0 fully saturated rings. The molecule has 0 spiro atoms. The Kier molecular flexibility index (Phi) is 9.26. The molecule has 1 aromatic heterocycles. The molecule has 7 N–H and O–H groups in total. The average molecular weight is 410 g/mol. The number of nitrogens with two attached hydrogens (primary N) is 1. The summed E-state index contributed by atoms with van der Waals surface area (Å²) in [5.74, 6) is -3.10. The first-order valence-electron chi connectivity index (χ1n) is 9.43. The number of imidazole rings is 1. The molecule has 162 valence electrons. The normalized spacial score (nSPS) is 16.0. The first-order chi connectivity index (χ1) is 13.6. The van der Waals surface area contributed by atoms with Gasteiger partial charge in [-0.15, -0.1) is 0 Å². The lowest BCUT2D eigenvalue weighted by Crippen LogP contribution is -2.58. The van der Waals surface area contributed by atoms with Gasteiger partial charge in [0, 0.05) is 18.3 Å². The molecule has 3 amide bonds. The van der Waals surface area contributed by atoms with Crippen LogP contribution in [0.15, 0.2) is 12.5 Å². The van der Waals surface area contributed by atoms with E-state index in [1.54, 1.807) is 13.1 Å². The van der Waals surface area contributed by atoms with Crippen LogP contribution >= 0.6 is 0 Å². The summed E-state index contributed by atoms with van der Waals surface area (Å²) in [6, 6.07) is -3.85. The second-order valence-corrected chi connectivity index (χ2v) is 7.06. The van der Waals surface area contributed by atoms with Crippen molar-refractivity contribution in [2.24, 2.45) is 11.7 Å². The lowest BCUT2D eigenvalue weighted by molar-refractivity contribution is -0.141. The lowest BCUT2D eigenvalue weighted by Gasteiger charge is -2.26. The van der Waals surface area contributed by atoms with Gasteiger partial charge in [0.1, 0.15) is 18.1 Å². The third-order valence-corrected chi connectivity index (χ3v) is 4.61. The number of amides is 3. The summed E-state index contributed by atoms with van der Waals surface area (Å²) in [5.41, 5.74) is 6.61. The molecule has 0 aliphatic heterocycles. The van der Waals surface area contributed by atoms with Gasteiger partial charge >= 0.3 is 5.97 Å². The van der Waals surface area contributed by atoms with Crippen molar-refractivity contribution < 1.29 is 24.3 Å². The number of aromatic nitrogens is 2. The second kappa shape index (κ2) is 11.1. The quantitative estimate of drug-likeness (QED) is 0.268. The minimum Gasteiger partial charge on any atom is -0.480 e. The monoisotopic (exact) mass is 410 g/mol. The topological polar surface area (TPSA) is 179 Å². The number of hydrogen-bond donors (Lipinski definition) is 6. The number of hydrogen-bond acceptors (Lipinski definition) is 6. The van der Waals surface area contributed by atoms with Crippen molar-refractivity contribution in [3.8, 4) is 0 Å². The molecule has 0 saturated carbocycles. The van der Waals surface area contributed by atoms with Crippen molar-refractivity contribution in [3.63, 3.8) is 0 Å². The van der Waals surface area contributed by atoms with Gasteiger partial charge in [0.25, 0.3) is 0 Å². The average Bonchev–Trinajstić information content (AvgIpc) is 3.17. The minimum atomic E-state index is -1.19. The van der Waals surface area contributed by atoms with Crippen molar-refractivity contribution in [3.05, 3.63) is 18.2 Å². The van der Waals surface area contributed by atoms with Crippen LogP contribution in [0.2, 0.25) is 0 Å². The fourth-order valence-electron chi connectivity index (χ4n) is 2.46. The van der Waals surface area contributed by atoms with Crippen LogP contribution in [0.3, 0.4) is 0 Å². The Morgan fingerprint density at radius 2 is 1.69 bits per heavy atom. The largest absolute Gasteiger partial charge is 0.480 e. The van der Waals surface area contributed by atoms with Crippen LogP contribution < -0.4 is 21.7 Å². The molecular weight excluding hydrogens is 380 g/mol. The maximum Gasteiger partial charge on any atom is 0.325 e. The van der Waals surface area contributed by atoms with Crippen molar-refractivity contribution >= 4 is 23.7 Å². The minimum absolute atomic E-state index is 0.216. The molecule has 5 atom stereocenters. The van der Waals surface area contributed by atoms with E-state index in [2.05, 4.69) is 25.9 Å². The summed E-state index contributed by atoms with van der Waals surface area (Å²) in [5, 5.41) is 16.3. The van der Waals surface area contributed by atoms with E-state index in [1.807, 2.05) is 6.92 Å². The molecule has 0 aliphatic carbocycles. The number of carboxylic acids is 1.